The molecule has 3 aromatic heterocycles. The first-order valence-electron chi connectivity index (χ1n) is 9.82. The Morgan fingerprint density at radius 2 is 0.931 bits per heavy atom. The molecule has 0 spiro atoms. The first kappa shape index (κ1) is 24.9. The van der Waals surface area contributed by atoms with Crippen LogP contribution in [0.1, 0.15) is 14.6 Å². The number of thiophene rings is 3. The Labute approximate surface area is 200 Å². The predicted octanol–water partition coefficient (Wildman–Crippen LogP) is 3.84. The summed E-state index contributed by atoms with van der Waals surface area (Å²) in [5, 5.41) is 17.1. The molecule has 0 saturated heterocycles. The molecule has 0 aliphatic carbocycles. The fourth-order valence-electron chi connectivity index (χ4n) is 2.92. The van der Waals surface area contributed by atoms with E-state index in [2.05, 4.69) is 73.4 Å². The molecule has 3 rings (SSSR count). The van der Waals surface area contributed by atoms with Crippen LogP contribution in [0.15, 0.2) is 52.5 Å². The second kappa shape index (κ2) is 15.4. The van der Waals surface area contributed by atoms with Crippen LogP contribution < -0.4 is 16.0 Å². The number of hydrogen-bond donors (Lipinski definition) is 3. The zero-order valence-electron chi connectivity index (χ0n) is 16.6. The van der Waals surface area contributed by atoms with Crippen molar-refractivity contribution in [1.29, 1.82) is 0 Å². The molecule has 3 heterocycles. The Morgan fingerprint density at radius 1 is 0.586 bits per heavy atom. The van der Waals surface area contributed by atoms with E-state index < -0.39 is 0 Å². The number of nitrogens with one attached hydrogen (secondary N) is 3. The van der Waals surface area contributed by atoms with Crippen molar-refractivity contribution in [2.75, 3.05) is 39.3 Å². The molecule has 3 N–H and O–H groups in total. The standard InChI is InChI=1S/C21H30N4S3.Tc/c1-4-19(26-13-1)16-22-7-10-25(11-8-23-17-20-5-2-14-27-20)12-9-24-18-21-6-3-15-28-21;/h1-6,13-15,22-24H,7-12,16-18H2;/i;1+1. The average molecular weight is 534 g/mol. The molecule has 0 unspecified atom stereocenters. The van der Waals surface area contributed by atoms with Crippen LogP contribution in [0.2, 0.25) is 0 Å². The van der Waals surface area contributed by atoms with Crippen LogP contribution in [0.5, 0.6) is 0 Å². The minimum absolute atomic E-state index is 0. The number of nitrogens with zero attached hydrogens (tertiary/aromatic N) is 1. The van der Waals surface area contributed by atoms with Crippen LogP contribution in [-0.4, -0.2) is 44.2 Å². The van der Waals surface area contributed by atoms with Gasteiger partial charge in [-0.15, -0.1) is 34.0 Å². The van der Waals surface area contributed by atoms with Crippen molar-refractivity contribution in [3.05, 3.63) is 67.2 Å². The summed E-state index contributed by atoms with van der Waals surface area (Å²) >= 11 is 5.46. The van der Waals surface area contributed by atoms with Crippen LogP contribution in [0.4, 0.5) is 0 Å². The normalized spacial score (nSPS) is 11.1. The van der Waals surface area contributed by atoms with Crippen LogP contribution >= 0.6 is 34.0 Å². The molecule has 8 heteroatoms. The van der Waals surface area contributed by atoms with Gasteiger partial charge in [0.1, 0.15) is 0 Å². The molecular weight excluding hydrogens is 503 g/mol. The maximum Gasteiger partial charge on any atom is 0.0300 e. The molecule has 29 heavy (non-hydrogen) atoms. The molecule has 159 valence electrons. The summed E-state index contributed by atoms with van der Waals surface area (Å²) in [6.07, 6.45) is 0. The van der Waals surface area contributed by atoms with Crippen LogP contribution in [0.25, 0.3) is 0 Å². The first-order valence-corrected chi connectivity index (χ1v) is 12.5. The van der Waals surface area contributed by atoms with Gasteiger partial charge in [-0.05, 0) is 34.3 Å². The number of rotatable bonds is 15. The van der Waals surface area contributed by atoms with E-state index in [4.69, 9.17) is 0 Å². The van der Waals surface area contributed by atoms with Gasteiger partial charge < -0.3 is 16.0 Å². The first-order chi connectivity index (χ1) is 13.9. The molecule has 0 atom stereocenters. The molecule has 0 aliphatic heterocycles. The van der Waals surface area contributed by atoms with Gasteiger partial charge in [0, 0.05) is 93.6 Å². The zero-order valence-corrected chi connectivity index (χ0v) is 20.9. The SMILES string of the molecule is [99Tc].c1csc(CNCCN(CCNCc2cccs2)CCNCc2cccs2)c1. The Hall–Kier alpha value is -0.411. The van der Waals surface area contributed by atoms with E-state index in [-0.39, 0.29) is 20.1 Å². The van der Waals surface area contributed by atoms with Crippen LogP contribution in [0, 0.1) is 0 Å². The largest absolute Gasteiger partial charge is 0.311 e. The smallest absolute Gasteiger partial charge is 0.0300 e. The Morgan fingerprint density at radius 3 is 1.21 bits per heavy atom. The summed E-state index contributed by atoms with van der Waals surface area (Å²) in [4.78, 5) is 6.76. The summed E-state index contributed by atoms with van der Waals surface area (Å²) in [6, 6.07) is 12.9. The van der Waals surface area contributed by atoms with E-state index in [0.717, 1.165) is 58.9 Å². The van der Waals surface area contributed by atoms with Crippen molar-refractivity contribution in [2.24, 2.45) is 0 Å². The van der Waals surface area contributed by atoms with E-state index in [1.165, 1.54) is 14.6 Å². The fraction of sp³-hybridized carbons (Fsp3) is 0.429. The van der Waals surface area contributed by atoms with Gasteiger partial charge in [0.2, 0.25) is 0 Å². The second-order valence-corrected chi connectivity index (χ2v) is 9.71. The summed E-state index contributed by atoms with van der Waals surface area (Å²) in [7, 11) is 0. The molecule has 0 saturated carbocycles. The Balaban J connectivity index is 0.00000300. The molecule has 0 aromatic carbocycles. The van der Waals surface area contributed by atoms with E-state index in [0.29, 0.717) is 0 Å². The van der Waals surface area contributed by atoms with Gasteiger partial charge in [-0.1, -0.05) is 18.2 Å². The van der Waals surface area contributed by atoms with Gasteiger partial charge in [-0.2, -0.15) is 0 Å². The topological polar surface area (TPSA) is 39.3 Å². The summed E-state index contributed by atoms with van der Waals surface area (Å²) < 4.78 is 0. The van der Waals surface area contributed by atoms with E-state index >= 15 is 0 Å². The van der Waals surface area contributed by atoms with Crippen molar-refractivity contribution >= 4 is 34.0 Å². The van der Waals surface area contributed by atoms with E-state index in [1.54, 1.807) is 0 Å². The third-order valence-electron chi connectivity index (χ3n) is 4.45. The number of hydrogen-bond acceptors (Lipinski definition) is 7. The van der Waals surface area contributed by atoms with Crippen molar-refractivity contribution in [3.63, 3.8) is 0 Å². The molecule has 0 fully saturated rings. The molecular formula is C21H30N4S3Tc. The zero-order chi connectivity index (χ0) is 19.3. The maximum atomic E-state index is 3.58. The van der Waals surface area contributed by atoms with Crippen molar-refractivity contribution in [3.8, 4) is 0 Å². The molecule has 0 amide bonds. The minimum Gasteiger partial charge on any atom is -0.311 e. The van der Waals surface area contributed by atoms with Crippen LogP contribution in [0.3, 0.4) is 0 Å². The Kier molecular flexibility index (Phi) is 13.2. The van der Waals surface area contributed by atoms with E-state index in [1.807, 2.05) is 34.0 Å². The quantitative estimate of drug-likeness (QED) is 0.260. The van der Waals surface area contributed by atoms with Crippen molar-refractivity contribution < 1.29 is 20.1 Å². The molecule has 0 aliphatic rings. The third-order valence-corrected chi connectivity index (χ3v) is 7.08. The van der Waals surface area contributed by atoms with Gasteiger partial charge in [-0.3, -0.25) is 4.90 Å². The molecule has 1 radical (unpaired) electrons. The summed E-state index contributed by atoms with van der Waals surface area (Å²) in [6.45, 7) is 9.21. The maximum absolute atomic E-state index is 3.58. The van der Waals surface area contributed by atoms with Crippen molar-refractivity contribution in [1.82, 2.24) is 20.9 Å². The van der Waals surface area contributed by atoms with Gasteiger partial charge in [-0.25, -0.2) is 0 Å². The van der Waals surface area contributed by atoms with Gasteiger partial charge in [0.25, 0.3) is 0 Å². The molecule has 0 bridgehead atoms. The average Bonchev–Trinajstić information content (AvgIpc) is 3.48. The Bertz CT molecular complexity index is 617. The van der Waals surface area contributed by atoms with Gasteiger partial charge in [0.05, 0.1) is 0 Å². The summed E-state index contributed by atoms with van der Waals surface area (Å²) in [5.74, 6) is 0. The molecule has 4 nitrogen and oxygen atoms in total. The van der Waals surface area contributed by atoms with Crippen molar-refractivity contribution in [2.45, 2.75) is 19.6 Å². The fourth-order valence-corrected chi connectivity index (χ4v) is 4.94. The van der Waals surface area contributed by atoms with Crippen LogP contribution in [-0.2, 0) is 39.7 Å². The third kappa shape index (κ3) is 10.4. The molecule has 3 aromatic rings. The van der Waals surface area contributed by atoms with E-state index in [9.17, 15) is 0 Å². The second-order valence-electron chi connectivity index (χ2n) is 6.61. The van der Waals surface area contributed by atoms with Gasteiger partial charge >= 0.3 is 0 Å². The minimum atomic E-state index is 0. The summed E-state index contributed by atoms with van der Waals surface area (Å²) in [5.41, 5.74) is 0. The van der Waals surface area contributed by atoms with Gasteiger partial charge in [0.15, 0.2) is 0 Å². The predicted molar refractivity (Wildman–Crippen MR) is 125 cm³/mol. The monoisotopic (exact) mass is 533 g/mol.